The highest BCUT2D eigenvalue weighted by Gasteiger charge is 2.23. The number of hydrogen-bond acceptors (Lipinski definition) is 5. The molecule has 2 aliphatic rings. The summed E-state index contributed by atoms with van der Waals surface area (Å²) in [6, 6.07) is 0.804. The van der Waals surface area contributed by atoms with Crippen molar-refractivity contribution >= 4 is 28.2 Å². The SMILES string of the molecule is Nc1nc(NC2CCC2)sc1C(=O)NC1CCCCCC1. The summed E-state index contributed by atoms with van der Waals surface area (Å²) in [7, 11) is 0. The van der Waals surface area contributed by atoms with Gasteiger partial charge in [0.1, 0.15) is 10.7 Å². The van der Waals surface area contributed by atoms with E-state index in [0.29, 0.717) is 22.8 Å². The first-order valence-corrected chi connectivity index (χ1v) is 8.88. The molecule has 4 N–H and O–H groups in total. The Bertz CT molecular complexity index is 490. The number of thiazole rings is 1. The van der Waals surface area contributed by atoms with E-state index in [0.717, 1.165) is 18.0 Å². The molecule has 116 valence electrons. The number of nitrogen functional groups attached to an aromatic ring is 1. The zero-order valence-electron chi connectivity index (χ0n) is 12.4. The molecule has 0 aliphatic heterocycles. The van der Waals surface area contributed by atoms with Crippen LogP contribution in [0.15, 0.2) is 0 Å². The van der Waals surface area contributed by atoms with E-state index in [1.807, 2.05) is 0 Å². The molecule has 0 atom stereocenters. The molecule has 1 aromatic rings. The maximum absolute atomic E-state index is 12.4. The number of anilines is 2. The minimum absolute atomic E-state index is 0.0569. The lowest BCUT2D eigenvalue weighted by atomic mass is 9.93. The van der Waals surface area contributed by atoms with Gasteiger partial charge in [0.25, 0.3) is 5.91 Å². The lowest BCUT2D eigenvalue weighted by Gasteiger charge is -2.25. The largest absolute Gasteiger partial charge is 0.382 e. The molecular weight excluding hydrogens is 284 g/mol. The molecule has 1 aromatic heterocycles. The second-order valence-corrected chi connectivity index (χ2v) is 7.17. The molecule has 0 bridgehead atoms. The molecular formula is C15H24N4OS. The van der Waals surface area contributed by atoms with Gasteiger partial charge in [0.15, 0.2) is 5.13 Å². The molecule has 0 unspecified atom stereocenters. The summed E-state index contributed by atoms with van der Waals surface area (Å²) < 4.78 is 0. The summed E-state index contributed by atoms with van der Waals surface area (Å²) in [4.78, 5) is 17.2. The fourth-order valence-corrected chi connectivity index (χ4v) is 3.82. The van der Waals surface area contributed by atoms with Crippen molar-refractivity contribution in [2.45, 2.75) is 69.9 Å². The molecule has 0 radical (unpaired) electrons. The maximum atomic E-state index is 12.4. The van der Waals surface area contributed by atoms with Crippen LogP contribution in [0.5, 0.6) is 0 Å². The number of carbonyl (C=O) groups is 1. The lowest BCUT2D eigenvalue weighted by Crippen LogP contribution is -2.34. The van der Waals surface area contributed by atoms with Gasteiger partial charge in [0.05, 0.1) is 0 Å². The van der Waals surface area contributed by atoms with Crippen LogP contribution >= 0.6 is 11.3 Å². The van der Waals surface area contributed by atoms with Gasteiger partial charge in [-0.1, -0.05) is 37.0 Å². The highest BCUT2D eigenvalue weighted by Crippen LogP contribution is 2.29. The standard InChI is InChI=1S/C15H24N4OS/c16-13-12(21-15(19-13)18-11-8-5-9-11)14(20)17-10-6-3-1-2-4-7-10/h10-11H,1-9,16H2,(H,17,20)(H,18,19). The van der Waals surface area contributed by atoms with Crippen molar-refractivity contribution in [2.24, 2.45) is 0 Å². The number of aromatic nitrogens is 1. The third-order valence-electron chi connectivity index (χ3n) is 4.48. The van der Waals surface area contributed by atoms with Gasteiger partial charge in [-0.2, -0.15) is 0 Å². The highest BCUT2D eigenvalue weighted by atomic mass is 32.1. The average molecular weight is 308 g/mol. The second kappa shape index (κ2) is 6.64. The first-order valence-electron chi connectivity index (χ1n) is 8.06. The topological polar surface area (TPSA) is 80.0 Å². The predicted octanol–water partition coefficient (Wildman–Crippen LogP) is 3.14. The number of rotatable bonds is 4. The highest BCUT2D eigenvalue weighted by molar-refractivity contribution is 7.18. The van der Waals surface area contributed by atoms with E-state index >= 15 is 0 Å². The molecule has 0 spiro atoms. The molecule has 3 rings (SSSR count). The van der Waals surface area contributed by atoms with Crippen LogP contribution in [0.1, 0.15) is 67.5 Å². The number of nitrogens with one attached hydrogen (secondary N) is 2. The van der Waals surface area contributed by atoms with Crippen molar-refractivity contribution in [3.63, 3.8) is 0 Å². The van der Waals surface area contributed by atoms with Crippen molar-refractivity contribution in [3.05, 3.63) is 4.88 Å². The quantitative estimate of drug-likeness (QED) is 0.747. The fraction of sp³-hybridized carbons (Fsp3) is 0.733. The Hall–Kier alpha value is -1.30. The molecule has 5 nitrogen and oxygen atoms in total. The van der Waals surface area contributed by atoms with Crippen LogP contribution in [0.25, 0.3) is 0 Å². The Balaban J connectivity index is 1.60. The van der Waals surface area contributed by atoms with Crippen LogP contribution in [0.3, 0.4) is 0 Å². The summed E-state index contributed by atoms with van der Waals surface area (Å²) in [5, 5.41) is 7.27. The van der Waals surface area contributed by atoms with Gasteiger partial charge in [-0.15, -0.1) is 0 Å². The van der Waals surface area contributed by atoms with E-state index in [-0.39, 0.29) is 5.91 Å². The predicted molar refractivity (Wildman–Crippen MR) is 86.7 cm³/mol. The van der Waals surface area contributed by atoms with Gasteiger partial charge in [0.2, 0.25) is 0 Å². The zero-order chi connectivity index (χ0) is 14.7. The van der Waals surface area contributed by atoms with Crippen LogP contribution in [0, 0.1) is 0 Å². The summed E-state index contributed by atoms with van der Waals surface area (Å²) >= 11 is 1.38. The minimum atomic E-state index is -0.0569. The van der Waals surface area contributed by atoms with E-state index in [1.165, 1.54) is 56.3 Å². The van der Waals surface area contributed by atoms with Crippen molar-refractivity contribution in [1.82, 2.24) is 10.3 Å². The van der Waals surface area contributed by atoms with Crippen molar-refractivity contribution in [2.75, 3.05) is 11.1 Å². The van der Waals surface area contributed by atoms with Gasteiger partial charge >= 0.3 is 0 Å². The average Bonchev–Trinajstić information content (AvgIpc) is 2.61. The molecule has 0 aromatic carbocycles. The van der Waals surface area contributed by atoms with Gasteiger partial charge in [-0.25, -0.2) is 4.98 Å². The van der Waals surface area contributed by atoms with E-state index in [2.05, 4.69) is 15.6 Å². The number of nitrogens with two attached hydrogens (primary N) is 1. The fourth-order valence-electron chi connectivity index (χ4n) is 2.96. The second-order valence-electron chi connectivity index (χ2n) is 6.17. The third-order valence-corrected chi connectivity index (χ3v) is 5.48. The van der Waals surface area contributed by atoms with Gasteiger partial charge in [-0.05, 0) is 32.1 Å². The van der Waals surface area contributed by atoms with Crippen molar-refractivity contribution in [3.8, 4) is 0 Å². The smallest absolute Gasteiger partial charge is 0.265 e. The van der Waals surface area contributed by atoms with E-state index < -0.39 is 0 Å². The Morgan fingerprint density at radius 1 is 1.05 bits per heavy atom. The lowest BCUT2D eigenvalue weighted by molar-refractivity contribution is 0.0938. The van der Waals surface area contributed by atoms with E-state index in [9.17, 15) is 4.79 Å². The molecule has 21 heavy (non-hydrogen) atoms. The zero-order valence-corrected chi connectivity index (χ0v) is 13.2. The summed E-state index contributed by atoms with van der Waals surface area (Å²) in [5.74, 6) is 0.298. The van der Waals surface area contributed by atoms with Crippen LogP contribution in [-0.2, 0) is 0 Å². The normalized spacial score (nSPS) is 20.6. The van der Waals surface area contributed by atoms with E-state index in [4.69, 9.17) is 5.73 Å². The summed E-state index contributed by atoms with van der Waals surface area (Å²) in [6.45, 7) is 0. The van der Waals surface area contributed by atoms with Gasteiger partial charge < -0.3 is 16.4 Å². The first kappa shape index (κ1) is 14.6. The summed E-state index contributed by atoms with van der Waals surface area (Å²) in [6.07, 6.45) is 10.8. The minimum Gasteiger partial charge on any atom is -0.382 e. The van der Waals surface area contributed by atoms with Gasteiger partial charge in [-0.3, -0.25) is 4.79 Å². The van der Waals surface area contributed by atoms with Crippen LogP contribution < -0.4 is 16.4 Å². The molecule has 2 aliphatic carbocycles. The first-order chi connectivity index (χ1) is 10.2. The number of nitrogens with zero attached hydrogens (tertiary/aromatic N) is 1. The number of hydrogen-bond donors (Lipinski definition) is 3. The Morgan fingerprint density at radius 3 is 2.33 bits per heavy atom. The van der Waals surface area contributed by atoms with Gasteiger partial charge in [0, 0.05) is 12.1 Å². The molecule has 1 amide bonds. The molecule has 6 heteroatoms. The molecule has 2 saturated carbocycles. The van der Waals surface area contributed by atoms with E-state index in [1.54, 1.807) is 0 Å². The summed E-state index contributed by atoms with van der Waals surface area (Å²) in [5.41, 5.74) is 5.91. The molecule has 1 heterocycles. The van der Waals surface area contributed by atoms with Crippen molar-refractivity contribution in [1.29, 1.82) is 0 Å². The molecule has 0 saturated heterocycles. The van der Waals surface area contributed by atoms with Crippen molar-refractivity contribution < 1.29 is 4.79 Å². The number of amides is 1. The monoisotopic (exact) mass is 308 g/mol. The Labute approximate surface area is 129 Å². The Morgan fingerprint density at radius 2 is 1.71 bits per heavy atom. The molecule has 2 fully saturated rings. The third kappa shape index (κ3) is 3.67. The van der Waals surface area contributed by atoms with Crippen LogP contribution in [0.2, 0.25) is 0 Å². The Kier molecular flexibility index (Phi) is 4.63. The maximum Gasteiger partial charge on any atom is 0.265 e. The van der Waals surface area contributed by atoms with Crippen LogP contribution in [0.4, 0.5) is 10.9 Å². The number of carbonyl (C=O) groups excluding carboxylic acids is 1. The van der Waals surface area contributed by atoms with Crippen LogP contribution in [-0.4, -0.2) is 23.0 Å².